The van der Waals surface area contributed by atoms with Gasteiger partial charge in [0.2, 0.25) is 0 Å². The van der Waals surface area contributed by atoms with Crippen molar-refractivity contribution in [1.82, 2.24) is 9.80 Å². The molecule has 1 radical (unpaired) electrons. The predicted octanol–water partition coefficient (Wildman–Crippen LogP) is 7.38. The first-order valence-corrected chi connectivity index (χ1v) is 15.2. The van der Waals surface area contributed by atoms with Crippen molar-refractivity contribution in [2.45, 2.75) is 69.2 Å². The predicted molar refractivity (Wildman–Crippen MR) is 158 cm³/mol. The van der Waals surface area contributed by atoms with E-state index in [2.05, 4.69) is 88.7 Å². The van der Waals surface area contributed by atoms with Crippen LogP contribution < -0.4 is 0 Å². The van der Waals surface area contributed by atoms with Crippen molar-refractivity contribution in [3.05, 3.63) is 107 Å². The first-order valence-electron chi connectivity index (χ1n) is 15.2. The molecule has 0 bridgehead atoms. The van der Waals surface area contributed by atoms with Crippen LogP contribution in [0.5, 0.6) is 0 Å². The highest BCUT2D eigenvalue weighted by molar-refractivity contribution is 5.76. The fraction of sp³-hybridized carbons (Fsp3) is 0.444. The topological polar surface area (TPSA) is 6.48 Å². The third-order valence-electron chi connectivity index (χ3n) is 9.94. The molecule has 3 aliphatic carbocycles. The molecule has 2 nitrogen and oxygen atoms in total. The van der Waals surface area contributed by atoms with Crippen LogP contribution in [0.15, 0.2) is 72.8 Å². The quantitative estimate of drug-likeness (QED) is 0.337. The Kier molecular flexibility index (Phi) is 6.94. The third kappa shape index (κ3) is 4.67. The molecular formula is C36H41N2. The van der Waals surface area contributed by atoms with Crippen LogP contribution in [0, 0.1) is 6.07 Å². The van der Waals surface area contributed by atoms with Gasteiger partial charge >= 0.3 is 0 Å². The summed E-state index contributed by atoms with van der Waals surface area (Å²) in [6.07, 6.45) is 15.8. The molecule has 2 atom stereocenters. The largest absolute Gasteiger partial charge is 0.301 e. The Morgan fingerprint density at radius 1 is 0.763 bits per heavy atom. The van der Waals surface area contributed by atoms with E-state index < -0.39 is 0 Å². The van der Waals surface area contributed by atoms with Crippen LogP contribution in [0.4, 0.5) is 0 Å². The van der Waals surface area contributed by atoms with Gasteiger partial charge in [-0.1, -0.05) is 92.1 Å². The maximum atomic E-state index is 3.21. The zero-order valence-corrected chi connectivity index (χ0v) is 22.7. The second-order valence-corrected chi connectivity index (χ2v) is 12.0. The van der Waals surface area contributed by atoms with E-state index in [9.17, 15) is 0 Å². The highest BCUT2D eigenvalue weighted by Gasteiger charge is 2.31. The lowest BCUT2D eigenvalue weighted by molar-refractivity contribution is 0.0780. The summed E-state index contributed by atoms with van der Waals surface area (Å²) >= 11 is 0. The molecule has 3 aromatic rings. The van der Waals surface area contributed by atoms with Gasteiger partial charge in [0.15, 0.2) is 0 Å². The molecule has 4 aliphatic rings. The molecule has 1 saturated carbocycles. The summed E-state index contributed by atoms with van der Waals surface area (Å²) in [6.45, 7) is 6.21. The molecule has 0 aromatic heterocycles. The minimum atomic E-state index is 0.345. The molecule has 2 unspecified atom stereocenters. The van der Waals surface area contributed by atoms with Crippen LogP contribution >= 0.6 is 0 Å². The van der Waals surface area contributed by atoms with Crippen molar-refractivity contribution in [1.29, 1.82) is 0 Å². The van der Waals surface area contributed by atoms with Crippen molar-refractivity contribution >= 4 is 0 Å². The zero-order chi connectivity index (χ0) is 25.3. The molecule has 1 saturated heterocycles. The van der Waals surface area contributed by atoms with Crippen LogP contribution in [0.25, 0.3) is 11.1 Å². The summed E-state index contributed by atoms with van der Waals surface area (Å²) < 4.78 is 0. The third-order valence-corrected chi connectivity index (χ3v) is 9.94. The Balaban J connectivity index is 1.14. The standard InChI is InChI=1S/C36H41N2/c1-3-9-27(10-4-1)32-17-16-29(21-22-37-23-25-38(26-24-37)30-12-5-2-6-13-30)36-34(32)20-19-33-31-14-8-7-11-28(31)15-18-35(33)36/h3-4,7-11,14,16-17,19-20,29-30,32H,2,5-6,12-13,15,18,21-26H2. The summed E-state index contributed by atoms with van der Waals surface area (Å²) in [7, 11) is 0. The van der Waals surface area contributed by atoms with E-state index in [0.717, 1.165) is 18.9 Å². The maximum absolute atomic E-state index is 3.21. The molecule has 2 heteroatoms. The first-order chi connectivity index (χ1) is 18.8. The average molecular weight is 502 g/mol. The average Bonchev–Trinajstić information content (AvgIpc) is 3.00. The lowest BCUT2D eigenvalue weighted by atomic mass is 9.71. The number of benzene rings is 3. The van der Waals surface area contributed by atoms with Gasteiger partial charge in [-0.2, -0.15) is 0 Å². The summed E-state index contributed by atoms with van der Waals surface area (Å²) in [5.41, 5.74) is 10.6. The van der Waals surface area contributed by atoms with Gasteiger partial charge in [-0.25, -0.2) is 0 Å². The van der Waals surface area contributed by atoms with Crippen LogP contribution in [0.2, 0.25) is 0 Å². The van der Waals surface area contributed by atoms with Gasteiger partial charge in [0.25, 0.3) is 0 Å². The van der Waals surface area contributed by atoms with Gasteiger partial charge < -0.3 is 4.90 Å². The van der Waals surface area contributed by atoms with Gasteiger partial charge in [-0.3, -0.25) is 4.90 Å². The number of nitrogens with zero attached hydrogens (tertiary/aromatic N) is 2. The van der Waals surface area contributed by atoms with E-state index in [0.29, 0.717) is 11.8 Å². The van der Waals surface area contributed by atoms with Crippen LogP contribution in [0.3, 0.4) is 0 Å². The molecule has 2 fully saturated rings. The molecule has 0 N–H and O–H groups in total. The SMILES string of the molecule is [c]1ccc(C2C=CC(CCN3CCN(C4CCCCC4)CC3)c3c2ccc2c3CCc3ccccc3-2)cc1. The van der Waals surface area contributed by atoms with Crippen LogP contribution in [-0.4, -0.2) is 48.6 Å². The lowest BCUT2D eigenvalue weighted by Crippen LogP contribution is -2.51. The molecule has 0 amide bonds. The molecule has 1 heterocycles. The number of allylic oxidation sites excluding steroid dienone is 2. The van der Waals surface area contributed by atoms with Crippen molar-refractivity contribution < 1.29 is 0 Å². The minimum absolute atomic E-state index is 0.345. The van der Waals surface area contributed by atoms with Crippen molar-refractivity contribution in [3.63, 3.8) is 0 Å². The number of rotatable bonds is 5. The fourth-order valence-electron chi connectivity index (χ4n) is 7.88. The zero-order valence-electron chi connectivity index (χ0n) is 22.7. The van der Waals surface area contributed by atoms with Crippen molar-refractivity contribution in [2.75, 3.05) is 32.7 Å². The van der Waals surface area contributed by atoms with Gasteiger partial charge in [0.05, 0.1) is 0 Å². The Bertz CT molecular complexity index is 1280. The van der Waals surface area contributed by atoms with Crippen molar-refractivity contribution in [3.8, 4) is 11.1 Å². The molecule has 38 heavy (non-hydrogen) atoms. The normalized spacial score (nSPS) is 24.0. The second kappa shape index (κ2) is 10.8. The van der Waals surface area contributed by atoms with E-state index in [-0.39, 0.29) is 0 Å². The second-order valence-electron chi connectivity index (χ2n) is 12.0. The molecule has 7 rings (SSSR count). The highest BCUT2D eigenvalue weighted by Crippen LogP contribution is 2.46. The molecule has 0 spiro atoms. The van der Waals surface area contributed by atoms with E-state index >= 15 is 0 Å². The summed E-state index contributed by atoms with van der Waals surface area (Å²) in [6, 6.07) is 26.7. The van der Waals surface area contributed by atoms with Crippen molar-refractivity contribution in [2.24, 2.45) is 0 Å². The highest BCUT2D eigenvalue weighted by atomic mass is 15.3. The number of hydrogen-bond donors (Lipinski definition) is 0. The minimum Gasteiger partial charge on any atom is -0.301 e. The Hall–Kier alpha value is -2.68. The Morgan fingerprint density at radius 3 is 2.42 bits per heavy atom. The summed E-state index contributed by atoms with van der Waals surface area (Å²) in [5.74, 6) is 0.852. The Labute approximate surface area is 229 Å². The summed E-state index contributed by atoms with van der Waals surface area (Å²) in [4.78, 5) is 5.55. The van der Waals surface area contributed by atoms with E-state index in [1.165, 1.54) is 99.1 Å². The molecule has 3 aromatic carbocycles. The maximum Gasteiger partial charge on any atom is 0.0272 e. The van der Waals surface area contributed by atoms with Gasteiger partial charge in [-0.05, 0) is 83.7 Å². The van der Waals surface area contributed by atoms with E-state index in [1.807, 2.05) is 0 Å². The van der Waals surface area contributed by atoms with Gasteiger partial charge in [0, 0.05) is 44.1 Å². The van der Waals surface area contributed by atoms with Crippen LogP contribution in [0.1, 0.15) is 78.2 Å². The summed E-state index contributed by atoms with van der Waals surface area (Å²) in [5, 5.41) is 0. The van der Waals surface area contributed by atoms with Gasteiger partial charge in [-0.15, -0.1) is 0 Å². The number of hydrogen-bond acceptors (Lipinski definition) is 2. The smallest absolute Gasteiger partial charge is 0.0272 e. The molecule has 1 aliphatic heterocycles. The van der Waals surface area contributed by atoms with Crippen LogP contribution in [-0.2, 0) is 12.8 Å². The molecular weight excluding hydrogens is 460 g/mol. The monoisotopic (exact) mass is 501 g/mol. The number of fused-ring (bicyclic) bond motifs is 5. The van der Waals surface area contributed by atoms with E-state index in [1.54, 1.807) is 11.1 Å². The number of aryl methyl sites for hydroxylation is 1. The molecule has 195 valence electrons. The fourth-order valence-corrected chi connectivity index (χ4v) is 7.88. The Morgan fingerprint density at radius 2 is 1.58 bits per heavy atom. The number of piperazine rings is 1. The lowest BCUT2D eigenvalue weighted by Gasteiger charge is -2.41. The van der Waals surface area contributed by atoms with Gasteiger partial charge in [0.1, 0.15) is 0 Å². The van der Waals surface area contributed by atoms with E-state index in [4.69, 9.17) is 0 Å². The first kappa shape index (κ1) is 24.4.